The first-order valence-electron chi connectivity index (χ1n) is 15.6. The predicted octanol–water partition coefficient (Wildman–Crippen LogP) is 4.21. The number of amides is 1. The molecule has 4 N–H and O–H groups in total. The zero-order valence-corrected chi connectivity index (χ0v) is 25.9. The molecule has 1 heterocycles. The topological polar surface area (TPSA) is 158 Å². The average Bonchev–Trinajstić information content (AvgIpc) is 3.24. The molecule has 4 rings (SSSR count). The van der Waals surface area contributed by atoms with Crippen LogP contribution in [0.25, 0.3) is 0 Å². The van der Waals surface area contributed by atoms with Gasteiger partial charge in [0.25, 0.3) is 5.96 Å². The Hall–Kier alpha value is -2.21. The molecule has 0 aromatic rings. The maximum atomic E-state index is 13.7. The van der Waals surface area contributed by atoms with Crippen molar-refractivity contribution in [2.75, 3.05) is 6.54 Å². The van der Waals surface area contributed by atoms with Crippen LogP contribution in [-0.2, 0) is 18.9 Å². The molecule has 0 aromatic carbocycles. The Kier molecular flexibility index (Phi) is 11.6. The van der Waals surface area contributed by atoms with Crippen molar-refractivity contribution in [1.29, 1.82) is 0 Å². The maximum absolute atomic E-state index is 13.7. The summed E-state index contributed by atoms with van der Waals surface area (Å²) in [5, 5.41) is 13.0. The molecule has 1 amide bonds. The normalized spacial score (nSPS) is 28.0. The van der Waals surface area contributed by atoms with Crippen molar-refractivity contribution in [3.05, 3.63) is 10.1 Å². The van der Waals surface area contributed by atoms with E-state index in [9.17, 15) is 19.7 Å². The molecule has 0 unspecified atom stereocenters. The minimum absolute atomic E-state index is 0.0208. The fraction of sp³-hybridized carbons (Fsp3) is 0.897. The highest BCUT2D eigenvalue weighted by Gasteiger charge is 2.68. The number of guanidine groups is 1. The minimum Gasteiger partial charge on any atom is -0.404 e. The van der Waals surface area contributed by atoms with Gasteiger partial charge in [0.2, 0.25) is 5.91 Å². The molecule has 0 radical (unpaired) electrons. The first kappa shape index (κ1) is 33.3. The second kappa shape index (κ2) is 14.3. The Morgan fingerprint density at radius 3 is 2.54 bits per heavy atom. The molecule has 41 heavy (non-hydrogen) atoms. The van der Waals surface area contributed by atoms with E-state index in [0.29, 0.717) is 43.4 Å². The number of carbonyl (C=O) groups excluding carboxylic acids is 2. The largest absolute Gasteiger partial charge is 0.481 e. The number of Topliss-reactive ketones (excluding diaryl/α,β-unsaturated/α-hetero) is 1. The lowest BCUT2D eigenvalue weighted by molar-refractivity contribution is -0.525. The van der Waals surface area contributed by atoms with Crippen molar-refractivity contribution in [2.45, 2.75) is 130 Å². The molecule has 0 aromatic heterocycles. The minimum atomic E-state index is -0.769. The molecular weight excluding hydrogens is 525 g/mol. The van der Waals surface area contributed by atoms with Crippen LogP contribution in [0.15, 0.2) is 4.99 Å². The lowest BCUT2D eigenvalue weighted by Gasteiger charge is -2.64. The van der Waals surface area contributed by atoms with E-state index in [1.807, 2.05) is 5.43 Å². The summed E-state index contributed by atoms with van der Waals surface area (Å²) >= 11 is 0. The van der Waals surface area contributed by atoms with E-state index in [0.717, 1.165) is 38.5 Å². The van der Waals surface area contributed by atoms with Crippen LogP contribution in [0.4, 0.5) is 0 Å². The number of ketones is 1. The fourth-order valence-electron chi connectivity index (χ4n) is 7.24. The molecule has 4 fully saturated rings. The number of nitro groups is 1. The van der Waals surface area contributed by atoms with Gasteiger partial charge < -0.3 is 20.4 Å². The molecule has 3 aliphatic carbocycles. The molecule has 6 atom stereocenters. The number of hydrogen-bond acceptors (Lipinski definition) is 7. The van der Waals surface area contributed by atoms with Crippen LogP contribution in [0, 0.1) is 39.2 Å². The van der Waals surface area contributed by atoms with Gasteiger partial charge in [-0.1, -0.05) is 59.3 Å². The molecule has 11 nitrogen and oxygen atoms in total. The molecule has 1 saturated heterocycles. The molecule has 232 valence electrons. The van der Waals surface area contributed by atoms with Gasteiger partial charge in [0, 0.05) is 25.3 Å². The van der Waals surface area contributed by atoms with Crippen LogP contribution < -0.4 is 16.5 Å². The monoisotopic (exact) mass is 577 g/mol. The van der Waals surface area contributed by atoms with Crippen LogP contribution in [0.2, 0.25) is 0 Å². The number of carbonyl (C=O) groups is 2. The lowest BCUT2D eigenvalue weighted by atomic mass is 9.43. The maximum Gasteiger partial charge on any atom is 0.481 e. The molecule has 3 saturated carbocycles. The van der Waals surface area contributed by atoms with E-state index in [-0.39, 0.29) is 53.7 Å². The predicted molar refractivity (Wildman–Crippen MR) is 159 cm³/mol. The number of unbranched alkanes of at least 4 members (excludes halogenated alkanes) is 3. The number of hydrazine groups is 1. The standard InChI is InChI=1S/C29H52BN5O6/c1-7-8-9-10-13-22(36)16-20(12-11-14-32-27(31)34-35(38)39)26(37)33-25(15-19(2)3)30-40-24-18-21-17-23(28(21,4)5)29(24,6)41-30/h19-21,23-25H,7-18H2,1-6H3,(H,33,37)(H3,31,32,34)/t20-,21+,23+,24-,25+,29+/m1/s1. The average molecular weight is 578 g/mol. The summed E-state index contributed by atoms with van der Waals surface area (Å²) in [7, 11) is -0.533. The second-order valence-corrected chi connectivity index (χ2v) is 13.6. The third-order valence-electron chi connectivity index (χ3n) is 9.70. The number of rotatable bonds is 17. The summed E-state index contributed by atoms with van der Waals surface area (Å²) in [6, 6.07) is 0. The van der Waals surface area contributed by atoms with Crippen LogP contribution in [0.3, 0.4) is 0 Å². The summed E-state index contributed by atoms with van der Waals surface area (Å²) in [4.78, 5) is 41.1. The van der Waals surface area contributed by atoms with Gasteiger partial charge in [-0.25, -0.2) is 15.1 Å². The zero-order valence-electron chi connectivity index (χ0n) is 25.9. The van der Waals surface area contributed by atoms with E-state index < -0.39 is 18.1 Å². The van der Waals surface area contributed by atoms with Gasteiger partial charge in [-0.3, -0.25) is 9.59 Å². The Balaban J connectivity index is 1.67. The van der Waals surface area contributed by atoms with Crippen molar-refractivity contribution in [2.24, 2.45) is 39.8 Å². The first-order valence-corrected chi connectivity index (χ1v) is 15.6. The summed E-state index contributed by atoms with van der Waals surface area (Å²) in [5.41, 5.74) is 7.20. The van der Waals surface area contributed by atoms with Crippen molar-refractivity contribution in [3.63, 3.8) is 0 Å². The Labute approximate surface area is 245 Å². The molecular formula is C29H52BN5O6. The number of nitrogens with two attached hydrogens (primary N) is 1. The van der Waals surface area contributed by atoms with Crippen molar-refractivity contribution >= 4 is 24.8 Å². The quantitative estimate of drug-likeness (QED) is 0.0579. The van der Waals surface area contributed by atoms with E-state index >= 15 is 0 Å². The van der Waals surface area contributed by atoms with Gasteiger partial charge in [0.1, 0.15) is 5.78 Å². The summed E-state index contributed by atoms with van der Waals surface area (Å²) in [5.74, 6) is 0.110. The highest BCUT2D eigenvalue weighted by atomic mass is 16.7. The number of nitrogens with one attached hydrogen (secondary N) is 2. The molecule has 0 spiro atoms. The summed E-state index contributed by atoms with van der Waals surface area (Å²) in [6.07, 6.45) is 8.36. The molecule has 2 bridgehead atoms. The van der Waals surface area contributed by atoms with E-state index in [1.165, 1.54) is 0 Å². The summed E-state index contributed by atoms with van der Waals surface area (Å²) < 4.78 is 13.2. The Morgan fingerprint density at radius 2 is 1.90 bits per heavy atom. The number of aliphatic imine (C=N–C) groups is 1. The van der Waals surface area contributed by atoms with Gasteiger partial charge >= 0.3 is 7.12 Å². The Morgan fingerprint density at radius 1 is 1.17 bits per heavy atom. The van der Waals surface area contributed by atoms with Crippen molar-refractivity contribution < 1.29 is 23.9 Å². The van der Waals surface area contributed by atoms with Crippen LogP contribution in [0.1, 0.15) is 112 Å². The third-order valence-corrected chi connectivity index (χ3v) is 9.70. The van der Waals surface area contributed by atoms with Gasteiger partial charge in [0.15, 0.2) is 5.03 Å². The van der Waals surface area contributed by atoms with Gasteiger partial charge in [-0.05, 0) is 68.6 Å². The lowest BCUT2D eigenvalue weighted by Crippen LogP contribution is -2.65. The van der Waals surface area contributed by atoms with E-state index in [1.54, 1.807) is 0 Å². The Bertz CT molecular complexity index is 962. The van der Waals surface area contributed by atoms with Gasteiger partial charge in [-0.15, -0.1) is 0 Å². The third kappa shape index (κ3) is 8.43. The first-order chi connectivity index (χ1) is 19.3. The van der Waals surface area contributed by atoms with Gasteiger partial charge in [-0.2, -0.15) is 0 Å². The highest BCUT2D eigenvalue weighted by molar-refractivity contribution is 6.47. The SMILES string of the molecule is CCCCCCC(=O)C[C@@H](CCCN=C(N)N[N+](=O)[O-])C(=O)N[C@@H](CC(C)C)B1O[C@@H]2C[C@@H]3C[C@@H](C3(C)C)[C@]2(C)O1. The molecule has 12 heteroatoms. The van der Waals surface area contributed by atoms with Crippen LogP contribution in [0.5, 0.6) is 0 Å². The smallest absolute Gasteiger partial charge is 0.404 e. The van der Waals surface area contributed by atoms with Crippen LogP contribution >= 0.6 is 0 Å². The van der Waals surface area contributed by atoms with Crippen LogP contribution in [-0.4, -0.2) is 54.0 Å². The van der Waals surface area contributed by atoms with Gasteiger partial charge in [0.05, 0.1) is 17.6 Å². The number of nitrogens with zero attached hydrogens (tertiary/aromatic N) is 2. The van der Waals surface area contributed by atoms with E-state index in [4.69, 9.17) is 15.0 Å². The number of hydrogen-bond donors (Lipinski definition) is 3. The highest BCUT2D eigenvalue weighted by Crippen LogP contribution is 2.65. The zero-order chi connectivity index (χ0) is 30.4. The van der Waals surface area contributed by atoms with Crippen molar-refractivity contribution in [3.8, 4) is 0 Å². The molecule has 1 aliphatic heterocycles. The fourth-order valence-corrected chi connectivity index (χ4v) is 7.24. The molecule has 4 aliphatic rings. The second-order valence-electron chi connectivity index (χ2n) is 13.6. The summed E-state index contributed by atoms with van der Waals surface area (Å²) in [6.45, 7) is 13.4. The van der Waals surface area contributed by atoms with Crippen molar-refractivity contribution in [1.82, 2.24) is 10.7 Å². The van der Waals surface area contributed by atoms with E-state index in [2.05, 4.69) is 51.9 Å².